The molecule has 156 valence electrons. The summed E-state index contributed by atoms with van der Waals surface area (Å²) in [7, 11) is 0. The van der Waals surface area contributed by atoms with Gasteiger partial charge in [-0.3, -0.25) is 4.79 Å². The van der Waals surface area contributed by atoms with Crippen LogP contribution in [0, 0.1) is 20.8 Å². The van der Waals surface area contributed by atoms with Crippen molar-refractivity contribution in [2.75, 3.05) is 11.1 Å². The fourth-order valence-electron chi connectivity index (χ4n) is 3.46. The third kappa shape index (κ3) is 5.08. The van der Waals surface area contributed by atoms with E-state index < -0.39 is 0 Å². The van der Waals surface area contributed by atoms with E-state index in [9.17, 15) is 9.90 Å². The number of aryl methyl sites for hydroxylation is 3. The Labute approximate surface area is 177 Å². The zero-order valence-electron chi connectivity index (χ0n) is 17.6. The summed E-state index contributed by atoms with van der Waals surface area (Å²) >= 11 is 0. The monoisotopic (exact) mass is 404 g/mol. The Kier molecular flexibility index (Phi) is 6.57. The third-order valence-electron chi connectivity index (χ3n) is 5.22. The van der Waals surface area contributed by atoms with E-state index >= 15 is 0 Å². The number of carbonyl (C=O) groups is 1. The molecule has 3 aromatic rings. The highest BCUT2D eigenvalue weighted by Crippen LogP contribution is 2.31. The normalized spacial score (nSPS) is 10.6. The highest BCUT2D eigenvalue weighted by Gasteiger charge is 2.15. The van der Waals surface area contributed by atoms with Crippen molar-refractivity contribution in [3.63, 3.8) is 0 Å². The molecule has 0 saturated carbocycles. The van der Waals surface area contributed by atoms with Crippen molar-refractivity contribution in [2.24, 2.45) is 0 Å². The standard InChI is InChI=1S/C24H28N4O2/c1-15-9-10-21(26-13-18-7-5-4-6-8-18)24(30)19(15)12-23(29)27-14-20-16(2)11-22(25)28-17(20)3/h4-11,26,30H,12-14H2,1-3H3,(H2,25,28)(H,27,29). The number of amides is 1. The van der Waals surface area contributed by atoms with Crippen LogP contribution in [0.4, 0.5) is 11.5 Å². The number of phenolic OH excluding ortho intramolecular Hbond substituents is 1. The first-order valence-corrected chi connectivity index (χ1v) is 9.93. The lowest BCUT2D eigenvalue weighted by atomic mass is 10.0. The van der Waals surface area contributed by atoms with Crippen LogP contribution in [-0.2, 0) is 24.3 Å². The van der Waals surface area contributed by atoms with Gasteiger partial charge in [0.15, 0.2) is 0 Å². The lowest BCUT2D eigenvalue weighted by molar-refractivity contribution is -0.120. The van der Waals surface area contributed by atoms with Gasteiger partial charge in [0.2, 0.25) is 5.91 Å². The predicted molar refractivity (Wildman–Crippen MR) is 120 cm³/mol. The number of nitrogens with two attached hydrogens (primary N) is 1. The molecule has 0 saturated heterocycles. The lowest BCUT2D eigenvalue weighted by Crippen LogP contribution is -2.26. The molecule has 0 aliphatic rings. The van der Waals surface area contributed by atoms with E-state index in [1.165, 1.54) is 0 Å². The van der Waals surface area contributed by atoms with E-state index in [1.54, 1.807) is 6.07 Å². The number of pyridine rings is 1. The van der Waals surface area contributed by atoms with Crippen LogP contribution in [0.3, 0.4) is 0 Å². The van der Waals surface area contributed by atoms with Crippen LogP contribution < -0.4 is 16.4 Å². The van der Waals surface area contributed by atoms with Crippen molar-refractivity contribution in [3.05, 3.63) is 82.0 Å². The summed E-state index contributed by atoms with van der Waals surface area (Å²) in [5, 5.41) is 16.9. The number of hydrogen-bond acceptors (Lipinski definition) is 5. The Hall–Kier alpha value is -3.54. The Morgan fingerprint density at radius 3 is 2.43 bits per heavy atom. The van der Waals surface area contributed by atoms with Gasteiger partial charge in [-0.05, 0) is 55.2 Å². The second-order valence-electron chi connectivity index (χ2n) is 7.48. The molecule has 0 aliphatic carbocycles. The van der Waals surface area contributed by atoms with Crippen molar-refractivity contribution in [3.8, 4) is 5.75 Å². The SMILES string of the molecule is Cc1cc(N)nc(C)c1CNC(=O)Cc1c(C)ccc(NCc2ccccc2)c1O. The van der Waals surface area contributed by atoms with Crippen molar-refractivity contribution >= 4 is 17.4 Å². The molecule has 6 heteroatoms. The summed E-state index contributed by atoms with van der Waals surface area (Å²) in [5.74, 6) is 0.423. The minimum absolute atomic E-state index is 0.0962. The fraction of sp³-hybridized carbons (Fsp3) is 0.250. The van der Waals surface area contributed by atoms with Gasteiger partial charge in [0, 0.05) is 24.3 Å². The van der Waals surface area contributed by atoms with E-state index in [2.05, 4.69) is 15.6 Å². The zero-order valence-corrected chi connectivity index (χ0v) is 17.6. The first-order chi connectivity index (χ1) is 14.3. The molecular formula is C24H28N4O2. The fourth-order valence-corrected chi connectivity index (χ4v) is 3.46. The molecule has 2 aromatic carbocycles. The summed E-state index contributed by atoms with van der Waals surface area (Å²) in [6.45, 7) is 6.68. The third-order valence-corrected chi connectivity index (χ3v) is 5.22. The largest absolute Gasteiger partial charge is 0.505 e. The Bertz CT molecular complexity index is 1030. The van der Waals surface area contributed by atoms with Crippen LogP contribution in [-0.4, -0.2) is 16.0 Å². The minimum Gasteiger partial charge on any atom is -0.505 e. The Balaban J connectivity index is 1.67. The number of anilines is 2. The summed E-state index contributed by atoms with van der Waals surface area (Å²) in [6.07, 6.45) is 0.0962. The number of aromatic hydroxyl groups is 1. The number of carbonyl (C=O) groups excluding carboxylic acids is 1. The average molecular weight is 405 g/mol. The van der Waals surface area contributed by atoms with Crippen LogP contribution in [0.2, 0.25) is 0 Å². The summed E-state index contributed by atoms with van der Waals surface area (Å²) in [6, 6.07) is 15.5. The molecule has 0 fully saturated rings. The van der Waals surface area contributed by atoms with Crippen molar-refractivity contribution in [1.82, 2.24) is 10.3 Å². The molecule has 0 spiro atoms. The van der Waals surface area contributed by atoms with E-state index in [0.717, 1.165) is 27.9 Å². The maximum Gasteiger partial charge on any atom is 0.224 e. The van der Waals surface area contributed by atoms with Crippen LogP contribution in [0.25, 0.3) is 0 Å². The minimum atomic E-state index is -0.163. The summed E-state index contributed by atoms with van der Waals surface area (Å²) in [4.78, 5) is 16.8. The zero-order chi connectivity index (χ0) is 21.7. The molecule has 1 heterocycles. The van der Waals surface area contributed by atoms with Crippen LogP contribution >= 0.6 is 0 Å². The second-order valence-corrected chi connectivity index (χ2v) is 7.48. The Morgan fingerprint density at radius 1 is 1.00 bits per heavy atom. The molecule has 30 heavy (non-hydrogen) atoms. The van der Waals surface area contributed by atoms with Crippen LogP contribution in [0.15, 0.2) is 48.5 Å². The molecular weight excluding hydrogens is 376 g/mol. The van der Waals surface area contributed by atoms with E-state index in [-0.39, 0.29) is 18.1 Å². The van der Waals surface area contributed by atoms with E-state index in [0.29, 0.717) is 30.2 Å². The highest BCUT2D eigenvalue weighted by atomic mass is 16.3. The topological polar surface area (TPSA) is 100 Å². The molecule has 0 aliphatic heterocycles. The van der Waals surface area contributed by atoms with Gasteiger partial charge < -0.3 is 21.5 Å². The summed E-state index contributed by atoms with van der Waals surface area (Å²) in [5.41, 5.74) is 11.7. The summed E-state index contributed by atoms with van der Waals surface area (Å²) < 4.78 is 0. The number of benzene rings is 2. The first-order valence-electron chi connectivity index (χ1n) is 9.93. The predicted octanol–water partition coefficient (Wildman–Crippen LogP) is 3.77. The van der Waals surface area contributed by atoms with Gasteiger partial charge in [0.1, 0.15) is 11.6 Å². The maximum absolute atomic E-state index is 12.6. The van der Waals surface area contributed by atoms with Crippen molar-refractivity contribution in [1.29, 1.82) is 0 Å². The van der Waals surface area contributed by atoms with Crippen molar-refractivity contribution in [2.45, 2.75) is 40.3 Å². The number of aromatic nitrogens is 1. The molecule has 0 bridgehead atoms. The number of nitrogen functional groups attached to an aromatic ring is 1. The highest BCUT2D eigenvalue weighted by molar-refractivity contribution is 5.81. The van der Waals surface area contributed by atoms with E-state index in [1.807, 2.05) is 63.2 Å². The van der Waals surface area contributed by atoms with Gasteiger partial charge in [-0.2, -0.15) is 0 Å². The van der Waals surface area contributed by atoms with Crippen LogP contribution in [0.5, 0.6) is 5.75 Å². The van der Waals surface area contributed by atoms with Crippen LogP contribution in [0.1, 0.15) is 33.5 Å². The molecule has 6 nitrogen and oxygen atoms in total. The smallest absolute Gasteiger partial charge is 0.224 e. The number of nitrogens with zero attached hydrogens (tertiary/aromatic N) is 1. The molecule has 5 N–H and O–H groups in total. The molecule has 3 rings (SSSR count). The number of phenols is 1. The van der Waals surface area contributed by atoms with Gasteiger partial charge in [0.05, 0.1) is 12.1 Å². The van der Waals surface area contributed by atoms with Gasteiger partial charge >= 0.3 is 0 Å². The quantitative estimate of drug-likeness (QED) is 0.449. The number of nitrogens with one attached hydrogen (secondary N) is 2. The van der Waals surface area contributed by atoms with Gasteiger partial charge in [-0.25, -0.2) is 4.98 Å². The van der Waals surface area contributed by atoms with Gasteiger partial charge in [-0.15, -0.1) is 0 Å². The molecule has 1 amide bonds. The maximum atomic E-state index is 12.6. The van der Waals surface area contributed by atoms with Gasteiger partial charge in [-0.1, -0.05) is 36.4 Å². The molecule has 1 aromatic heterocycles. The molecule has 0 unspecified atom stereocenters. The molecule has 0 radical (unpaired) electrons. The first kappa shape index (κ1) is 21.2. The number of rotatable bonds is 7. The average Bonchev–Trinajstić information content (AvgIpc) is 2.70. The number of hydrogen-bond donors (Lipinski definition) is 4. The second kappa shape index (κ2) is 9.31. The Morgan fingerprint density at radius 2 is 1.73 bits per heavy atom. The molecule has 0 atom stereocenters. The van der Waals surface area contributed by atoms with Gasteiger partial charge in [0.25, 0.3) is 0 Å². The van der Waals surface area contributed by atoms with E-state index in [4.69, 9.17) is 5.73 Å². The van der Waals surface area contributed by atoms with Crippen molar-refractivity contribution < 1.29 is 9.90 Å². The lowest BCUT2D eigenvalue weighted by Gasteiger charge is -2.15.